The number of hydrogen-bond acceptors (Lipinski definition) is 22. The summed E-state index contributed by atoms with van der Waals surface area (Å²) >= 11 is 0. The topological polar surface area (TPSA) is 460 Å². The summed E-state index contributed by atoms with van der Waals surface area (Å²) in [6.45, 7) is 15.3. The van der Waals surface area contributed by atoms with Crippen LogP contribution in [0.15, 0.2) is 33.7 Å². The van der Waals surface area contributed by atoms with Crippen LogP contribution in [0.2, 0.25) is 0 Å². The van der Waals surface area contributed by atoms with Crippen LogP contribution in [0.3, 0.4) is 0 Å². The quantitative estimate of drug-likeness (QED) is 0.0178. The van der Waals surface area contributed by atoms with Gasteiger partial charge in [0, 0.05) is 55.0 Å². The average Bonchev–Trinajstić information content (AvgIpc) is 3.29. The second-order valence-electron chi connectivity index (χ2n) is 19.5. The fourth-order valence-corrected chi connectivity index (χ4v) is 7.10. The summed E-state index contributed by atoms with van der Waals surface area (Å²) in [5.74, 6) is -7.89. The van der Waals surface area contributed by atoms with Crippen molar-refractivity contribution in [2.75, 3.05) is 13.2 Å². The molecule has 2 aliphatic heterocycles. The minimum atomic E-state index is -1.70. The van der Waals surface area contributed by atoms with Crippen molar-refractivity contribution in [3.63, 3.8) is 0 Å². The lowest BCUT2D eigenvalue weighted by Gasteiger charge is -2.38. The van der Waals surface area contributed by atoms with Gasteiger partial charge in [0.25, 0.3) is 0 Å². The van der Waals surface area contributed by atoms with Crippen LogP contribution in [-0.2, 0) is 57.2 Å². The number of ether oxygens (including phenoxy) is 6. The molecule has 0 spiro atoms. The summed E-state index contributed by atoms with van der Waals surface area (Å²) < 4.78 is 32.7. The number of nitrogens with zero attached hydrogens (tertiary/aromatic N) is 2. The SMILES string of the molecule is CC(=O)C[C@H]1[C@H]([C@@H](O)[C@H](O)CO)OC(C(=O)OC(OC(=O)CC[C@@H](N)C(C)C)C(C)C)=C[C@@H]1N=C(N)N.CC(=O)C[C@H]1[C@H]([C@@H](O)[C@H](O)CO)OC(C(=O)OC(OC(=O)C[C@@H](N)C(C)C)C(C)C)=C[C@@H]1N=C(N)N. The Morgan fingerprint density at radius 2 is 0.932 bits per heavy atom. The summed E-state index contributed by atoms with van der Waals surface area (Å²) in [7, 11) is 0. The zero-order valence-electron chi connectivity index (χ0n) is 43.4. The maximum atomic E-state index is 13.0. The Balaban J connectivity index is 0.000000730. The molecular formula is C47H82N8O18. The van der Waals surface area contributed by atoms with E-state index in [0.29, 0.717) is 6.42 Å². The molecule has 0 aromatic carbocycles. The van der Waals surface area contributed by atoms with Gasteiger partial charge in [-0.05, 0) is 44.3 Å². The van der Waals surface area contributed by atoms with Crippen molar-refractivity contribution in [1.82, 2.24) is 0 Å². The van der Waals surface area contributed by atoms with Gasteiger partial charge >= 0.3 is 23.9 Å². The first-order valence-corrected chi connectivity index (χ1v) is 24.0. The number of esters is 4. The Kier molecular flexibility index (Phi) is 28.1. The summed E-state index contributed by atoms with van der Waals surface area (Å²) in [5, 5.41) is 59.8. The van der Waals surface area contributed by atoms with Crippen molar-refractivity contribution in [2.24, 2.45) is 79.9 Å². The lowest BCUT2D eigenvalue weighted by molar-refractivity contribution is -0.199. The third-order valence-corrected chi connectivity index (χ3v) is 11.6. The number of aliphatic imine (C=N–C) groups is 2. The molecule has 26 heteroatoms. The van der Waals surface area contributed by atoms with E-state index in [0.717, 1.165) is 0 Å². The summed E-state index contributed by atoms with van der Waals surface area (Å²) in [6.07, 6.45) is -9.48. The van der Waals surface area contributed by atoms with E-state index in [-0.39, 0.29) is 67.0 Å². The van der Waals surface area contributed by atoms with Crippen LogP contribution in [-0.4, -0.2) is 165 Å². The number of Topliss-reactive ketones (excluding diaryl/α,β-unsaturated/α-hetero) is 2. The number of aliphatic hydroxyl groups is 6. The molecule has 73 heavy (non-hydrogen) atoms. The molecule has 0 aromatic rings. The van der Waals surface area contributed by atoms with Gasteiger partial charge in [0.1, 0.15) is 48.2 Å². The zero-order valence-corrected chi connectivity index (χ0v) is 43.4. The molecule has 0 fully saturated rings. The molecule has 0 radical (unpaired) electrons. The number of carbonyl (C=O) groups excluding carboxylic acids is 6. The minimum Gasteiger partial charge on any atom is -0.480 e. The number of carbonyl (C=O) groups is 6. The van der Waals surface area contributed by atoms with Crippen LogP contribution in [0.25, 0.3) is 0 Å². The van der Waals surface area contributed by atoms with Gasteiger partial charge < -0.3 is 103 Å². The number of hydrogen-bond donors (Lipinski definition) is 12. The Morgan fingerprint density at radius 1 is 0.575 bits per heavy atom. The number of aliphatic hydroxyl groups excluding tert-OH is 6. The zero-order chi connectivity index (χ0) is 56.2. The Bertz CT molecular complexity index is 1940. The van der Waals surface area contributed by atoms with Crippen molar-refractivity contribution >= 4 is 47.4 Å². The highest BCUT2D eigenvalue weighted by molar-refractivity contribution is 5.88. The van der Waals surface area contributed by atoms with Gasteiger partial charge in [-0.25, -0.2) is 19.6 Å². The molecule has 0 aromatic heterocycles. The lowest BCUT2D eigenvalue weighted by atomic mass is 9.83. The van der Waals surface area contributed by atoms with Crippen LogP contribution in [0.1, 0.15) is 101 Å². The van der Waals surface area contributed by atoms with Crippen molar-refractivity contribution in [1.29, 1.82) is 0 Å². The molecule has 2 unspecified atom stereocenters. The molecule has 0 saturated heterocycles. The van der Waals surface area contributed by atoms with E-state index >= 15 is 0 Å². The predicted octanol–water partition coefficient (Wildman–Crippen LogP) is -2.29. The van der Waals surface area contributed by atoms with E-state index in [1.807, 2.05) is 27.7 Å². The molecule has 0 aliphatic carbocycles. The van der Waals surface area contributed by atoms with E-state index in [4.69, 9.17) is 62.8 Å². The number of ketones is 2. The molecule has 0 bridgehead atoms. The van der Waals surface area contributed by atoms with Crippen LogP contribution in [0, 0.1) is 35.5 Å². The summed E-state index contributed by atoms with van der Waals surface area (Å²) in [5.41, 5.74) is 34.0. The van der Waals surface area contributed by atoms with Crippen LogP contribution < -0.4 is 34.4 Å². The Labute approximate surface area is 425 Å². The molecule has 26 nitrogen and oxygen atoms in total. The first-order chi connectivity index (χ1) is 33.8. The van der Waals surface area contributed by atoms with Gasteiger partial charge in [0.05, 0.1) is 31.7 Å². The molecular weight excluding hydrogens is 965 g/mol. The van der Waals surface area contributed by atoms with E-state index in [1.54, 1.807) is 27.7 Å². The standard InChI is InChI=1S/C24H42N4O9.C23H40N4O9/c1-11(2)15(25)6-7-19(32)36-23(12(3)4)37-22(34)18-9-16(28-24(26)27)14(8-13(5)30)21(35-18)20(33)17(31)10-29;1-10(2)14(24)7-18(31)35-22(11(3)4)36-21(33)17-8-15(27-23(25)26)13(6-12(5)29)20(34-17)19(32)16(30)9-28/h9,11-12,14-17,20-21,23,29,31,33H,6-8,10,25H2,1-5H3,(H4,26,27,28);8,10-11,13-16,19-20,22,28,30,32H,6-7,9,24H2,1-5H3,(H4,25,26,27)/t14-,15-,16+,17-,20+,21-,23?;13-,14-,15+,16-,19+,20-,22?/m11/s1. The monoisotopic (exact) mass is 1050 g/mol. The highest BCUT2D eigenvalue weighted by Crippen LogP contribution is 2.34. The molecule has 18 N–H and O–H groups in total. The third-order valence-electron chi connectivity index (χ3n) is 11.6. The van der Waals surface area contributed by atoms with Crippen LogP contribution >= 0.6 is 0 Å². The lowest BCUT2D eigenvalue weighted by Crippen LogP contribution is -2.51. The van der Waals surface area contributed by atoms with E-state index < -0.39 is 140 Å². The van der Waals surface area contributed by atoms with Crippen molar-refractivity contribution in [2.45, 2.75) is 175 Å². The number of nitrogens with two attached hydrogens (primary N) is 6. The Hall–Kier alpha value is -5.48. The van der Waals surface area contributed by atoms with Crippen LogP contribution in [0.4, 0.5) is 0 Å². The fourth-order valence-electron chi connectivity index (χ4n) is 7.10. The molecule has 418 valence electrons. The fraction of sp³-hybridized carbons (Fsp3) is 0.745. The smallest absolute Gasteiger partial charge is 0.376 e. The molecule has 14 atom stereocenters. The number of guanidine groups is 2. The van der Waals surface area contributed by atoms with Gasteiger partial charge in [-0.15, -0.1) is 0 Å². The first kappa shape index (κ1) is 65.5. The predicted molar refractivity (Wildman–Crippen MR) is 262 cm³/mol. The average molecular weight is 1050 g/mol. The van der Waals surface area contributed by atoms with Crippen molar-refractivity contribution in [3.05, 3.63) is 23.7 Å². The third kappa shape index (κ3) is 22.3. The van der Waals surface area contributed by atoms with E-state index in [2.05, 4.69) is 9.98 Å². The largest absolute Gasteiger partial charge is 0.480 e. The number of rotatable bonds is 27. The summed E-state index contributed by atoms with van der Waals surface area (Å²) in [4.78, 5) is 82.5. The molecule has 2 aliphatic rings. The maximum absolute atomic E-state index is 13.0. The molecule has 0 amide bonds. The highest BCUT2D eigenvalue weighted by Gasteiger charge is 2.46. The Morgan fingerprint density at radius 3 is 1.23 bits per heavy atom. The first-order valence-electron chi connectivity index (χ1n) is 24.0. The molecule has 2 rings (SSSR count). The van der Waals surface area contributed by atoms with Gasteiger partial charge in [-0.3, -0.25) is 9.59 Å². The normalized spacial score (nSPS) is 22.9. The second-order valence-corrected chi connectivity index (χ2v) is 19.5. The van der Waals surface area contributed by atoms with Crippen molar-refractivity contribution in [3.8, 4) is 0 Å². The minimum absolute atomic E-state index is 0.0337. The van der Waals surface area contributed by atoms with Gasteiger partial charge in [-0.2, -0.15) is 0 Å². The van der Waals surface area contributed by atoms with E-state index in [1.165, 1.54) is 26.0 Å². The summed E-state index contributed by atoms with van der Waals surface area (Å²) in [6, 6.07) is -2.65. The van der Waals surface area contributed by atoms with E-state index in [9.17, 15) is 59.4 Å². The maximum Gasteiger partial charge on any atom is 0.376 e. The van der Waals surface area contributed by atoms with Gasteiger partial charge in [0.2, 0.25) is 24.1 Å². The van der Waals surface area contributed by atoms with Crippen LogP contribution in [0.5, 0.6) is 0 Å². The highest BCUT2D eigenvalue weighted by atomic mass is 16.7. The molecule has 2 heterocycles. The van der Waals surface area contributed by atoms with Crippen molar-refractivity contribution < 1.29 is 87.8 Å². The second kappa shape index (κ2) is 31.3. The molecule has 0 saturated carbocycles. The van der Waals surface area contributed by atoms with Gasteiger partial charge in [-0.1, -0.05) is 55.4 Å². The van der Waals surface area contributed by atoms with Gasteiger partial charge in [0.15, 0.2) is 11.9 Å².